The SMILES string of the molecule is O=C([O-])c1cc(F)cc(C2=C(c3cc(Cl)cnc3OCc3ccc(Cl)cc3F)CCC2)c1.[Na+]. The van der Waals surface area contributed by atoms with E-state index in [1.54, 1.807) is 12.1 Å². The van der Waals surface area contributed by atoms with Gasteiger partial charge in [-0.1, -0.05) is 29.3 Å². The molecule has 2 aromatic carbocycles. The molecule has 0 radical (unpaired) electrons. The summed E-state index contributed by atoms with van der Waals surface area (Å²) >= 11 is 12.0. The molecular weight excluding hydrogens is 482 g/mol. The number of allylic oxidation sites excluding steroid dienone is 2. The van der Waals surface area contributed by atoms with Gasteiger partial charge in [-0.15, -0.1) is 0 Å². The van der Waals surface area contributed by atoms with Crippen LogP contribution in [-0.4, -0.2) is 11.0 Å². The van der Waals surface area contributed by atoms with Gasteiger partial charge < -0.3 is 14.6 Å². The maximum atomic E-state index is 14.1. The van der Waals surface area contributed by atoms with Crippen LogP contribution in [0.25, 0.3) is 11.1 Å². The number of hydrogen-bond donors (Lipinski definition) is 0. The Morgan fingerprint density at radius 1 is 1.03 bits per heavy atom. The van der Waals surface area contributed by atoms with E-state index >= 15 is 0 Å². The fourth-order valence-corrected chi connectivity index (χ4v) is 4.10. The molecular formula is C24H16Cl2F2NNaO3. The summed E-state index contributed by atoms with van der Waals surface area (Å²) in [6.45, 7) is -0.0813. The molecule has 0 fully saturated rings. The summed E-state index contributed by atoms with van der Waals surface area (Å²) in [7, 11) is 0. The second-order valence-electron chi connectivity index (χ2n) is 7.36. The summed E-state index contributed by atoms with van der Waals surface area (Å²) < 4.78 is 34.0. The molecule has 0 unspecified atom stereocenters. The first-order valence-corrected chi connectivity index (χ1v) is 10.5. The number of carbonyl (C=O) groups excluding carboxylic acids is 1. The largest absolute Gasteiger partial charge is 1.00 e. The summed E-state index contributed by atoms with van der Waals surface area (Å²) in [6, 6.07) is 9.58. The van der Waals surface area contributed by atoms with E-state index < -0.39 is 17.6 Å². The number of aromatic carboxylic acids is 1. The van der Waals surface area contributed by atoms with E-state index in [0.717, 1.165) is 23.6 Å². The van der Waals surface area contributed by atoms with Crippen LogP contribution < -0.4 is 39.4 Å². The van der Waals surface area contributed by atoms with E-state index in [1.807, 2.05) is 0 Å². The number of hydrogen-bond acceptors (Lipinski definition) is 4. The predicted octanol–water partition coefficient (Wildman–Crippen LogP) is 2.71. The topological polar surface area (TPSA) is 62.2 Å². The molecule has 0 bridgehead atoms. The van der Waals surface area contributed by atoms with Crippen molar-refractivity contribution in [3.05, 3.63) is 92.6 Å². The van der Waals surface area contributed by atoms with E-state index in [1.165, 1.54) is 30.5 Å². The molecule has 1 aromatic heterocycles. The van der Waals surface area contributed by atoms with Crippen molar-refractivity contribution < 1.29 is 53.0 Å². The van der Waals surface area contributed by atoms with Crippen LogP contribution >= 0.6 is 23.2 Å². The molecule has 0 amide bonds. The number of rotatable bonds is 6. The quantitative estimate of drug-likeness (QED) is 0.491. The number of carboxylic acids is 1. The molecule has 0 atom stereocenters. The zero-order valence-corrected chi connectivity index (χ0v) is 21.1. The zero-order chi connectivity index (χ0) is 22.8. The maximum absolute atomic E-state index is 14.1. The van der Waals surface area contributed by atoms with E-state index in [4.69, 9.17) is 27.9 Å². The Kier molecular flexibility index (Phi) is 8.54. The van der Waals surface area contributed by atoms with Crippen molar-refractivity contribution in [1.29, 1.82) is 0 Å². The predicted molar refractivity (Wildman–Crippen MR) is 116 cm³/mol. The van der Waals surface area contributed by atoms with Crippen molar-refractivity contribution in [3.8, 4) is 5.88 Å². The number of pyridine rings is 1. The van der Waals surface area contributed by atoms with Gasteiger partial charge in [-0.2, -0.15) is 0 Å². The van der Waals surface area contributed by atoms with Crippen molar-refractivity contribution in [2.45, 2.75) is 25.9 Å². The van der Waals surface area contributed by atoms with Crippen LogP contribution in [0.3, 0.4) is 0 Å². The molecule has 3 aromatic rings. The van der Waals surface area contributed by atoms with E-state index in [0.29, 0.717) is 34.6 Å². The fourth-order valence-electron chi connectivity index (χ4n) is 3.78. The first-order chi connectivity index (χ1) is 15.3. The second kappa shape index (κ2) is 11.0. The summed E-state index contributed by atoms with van der Waals surface area (Å²) in [4.78, 5) is 15.5. The number of ether oxygens (including phenoxy) is 1. The minimum atomic E-state index is -1.45. The van der Waals surface area contributed by atoms with Gasteiger partial charge in [-0.3, -0.25) is 0 Å². The van der Waals surface area contributed by atoms with Crippen molar-refractivity contribution >= 4 is 40.3 Å². The number of carbonyl (C=O) groups is 1. The van der Waals surface area contributed by atoms with Crippen molar-refractivity contribution in [2.24, 2.45) is 0 Å². The Bertz CT molecular complexity index is 1250. The standard InChI is InChI=1S/C24H17Cl2F2NO3.Na/c25-16-5-4-13(22(28)10-16)12-32-23-21(9-17(26)11-29-23)20-3-1-2-19(20)14-6-15(24(30)31)8-18(27)7-14;/h4-11H,1-3,12H2,(H,30,31);/q;+1/p-1. The Hall–Kier alpha value is -1.96. The monoisotopic (exact) mass is 497 g/mol. The number of carboxylic acid groups (broad SMARTS) is 1. The summed E-state index contributed by atoms with van der Waals surface area (Å²) in [6.07, 6.45) is 3.45. The first kappa shape index (κ1) is 25.7. The third-order valence-electron chi connectivity index (χ3n) is 5.22. The van der Waals surface area contributed by atoms with Gasteiger partial charge in [-0.25, -0.2) is 13.8 Å². The van der Waals surface area contributed by atoms with Crippen LogP contribution in [0.4, 0.5) is 8.78 Å². The minimum absolute atomic E-state index is 0. The normalized spacial score (nSPS) is 13.1. The molecule has 1 aliphatic carbocycles. The first-order valence-electron chi connectivity index (χ1n) is 9.79. The van der Waals surface area contributed by atoms with Gasteiger partial charge in [0.2, 0.25) is 5.88 Å². The van der Waals surface area contributed by atoms with Gasteiger partial charge >= 0.3 is 29.6 Å². The van der Waals surface area contributed by atoms with Gasteiger partial charge in [0.25, 0.3) is 0 Å². The molecule has 0 saturated heterocycles. The van der Waals surface area contributed by atoms with Crippen LogP contribution in [-0.2, 0) is 6.61 Å². The fraction of sp³-hybridized carbons (Fsp3) is 0.167. The molecule has 0 spiro atoms. The maximum Gasteiger partial charge on any atom is 1.00 e. The van der Waals surface area contributed by atoms with Crippen molar-refractivity contribution in [1.82, 2.24) is 4.98 Å². The zero-order valence-electron chi connectivity index (χ0n) is 17.6. The molecule has 1 heterocycles. The second-order valence-corrected chi connectivity index (χ2v) is 8.23. The van der Waals surface area contributed by atoms with Crippen LogP contribution in [0.5, 0.6) is 5.88 Å². The van der Waals surface area contributed by atoms with Gasteiger partial charge in [-0.05, 0) is 72.4 Å². The van der Waals surface area contributed by atoms with Crippen molar-refractivity contribution in [2.75, 3.05) is 0 Å². The molecule has 4 nitrogen and oxygen atoms in total. The molecule has 33 heavy (non-hydrogen) atoms. The summed E-state index contributed by atoms with van der Waals surface area (Å²) in [5, 5.41) is 11.9. The molecule has 1 aliphatic rings. The average molecular weight is 498 g/mol. The molecule has 0 N–H and O–H groups in total. The molecule has 9 heteroatoms. The smallest absolute Gasteiger partial charge is 0.545 e. The van der Waals surface area contributed by atoms with E-state index in [-0.39, 0.29) is 52.6 Å². The summed E-state index contributed by atoms with van der Waals surface area (Å²) in [5.74, 6) is -2.37. The number of benzene rings is 2. The average Bonchev–Trinajstić information content (AvgIpc) is 3.23. The number of nitrogens with zero attached hydrogens (tertiary/aromatic N) is 1. The third kappa shape index (κ3) is 5.94. The number of halogens is 4. The molecule has 0 aliphatic heterocycles. The van der Waals surface area contributed by atoms with Crippen LogP contribution in [0.15, 0.2) is 48.7 Å². The van der Waals surface area contributed by atoms with Crippen LogP contribution in [0, 0.1) is 11.6 Å². The minimum Gasteiger partial charge on any atom is -0.545 e. The van der Waals surface area contributed by atoms with E-state index in [9.17, 15) is 18.7 Å². The molecule has 0 saturated carbocycles. The number of aromatic nitrogens is 1. The Labute approximate surface area is 221 Å². The van der Waals surface area contributed by atoms with Gasteiger partial charge in [0.05, 0.1) is 11.0 Å². The Balaban J connectivity index is 0.00000306. The van der Waals surface area contributed by atoms with Crippen LogP contribution in [0.1, 0.15) is 46.3 Å². The Morgan fingerprint density at radius 3 is 2.52 bits per heavy atom. The Morgan fingerprint density at radius 2 is 1.79 bits per heavy atom. The molecule has 164 valence electrons. The summed E-state index contributed by atoms with van der Waals surface area (Å²) in [5.41, 5.74) is 2.71. The van der Waals surface area contributed by atoms with Crippen molar-refractivity contribution in [3.63, 3.8) is 0 Å². The van der Waals surface area contributed by atoms with Gasteiger partial charge in [0.15, 0.2) is 0 Å². The van der Waals surface area contributed by atoms with Gasteiger partial charge in [0.1, 0.15) is 18.2 Å². The van der Waals surface area contributed by atoms with Gasteiger partial charge in [0, 0.05) is 27.9 Å². The van der Waals surface area contributed by atoms with E-state index in [2.05, 4.69) is 4.98 Å². The third-order valence-corrected chi connectivity index (χ3v) is 5.66. The molecule has 4 rings (SSSR count). The van der Waals surface area contributed by atoms with Crippen LogP contribution in [0.2, 0.25) is 10.0 Å².